The first kappa shape index (κ1) is 87.5. The molecule has 0 saturated carbocycles. The first-order valence-corrected chi connectivity index (χ1v) is 42.9. The zero-order chi connectivity index (χ0) is 86.3. The molecule has 25 nitrogen and oxygen atoms in total. The SMILES string of the molecule is CC(C)(C)OC(=O)N1CCN(CCN)CC1.CN1CCN(C(=O)c2cccc(-c3oc4nccc(Cl)c4c3-c3ccccc3)c2)CC1.CN1CCN(C(=O)c2cccc(-c3oc4nccc(NCCN5CCN(C(=O)OC(C)(C)C)CC5)c4c3-c3ccccc3)c2)CC1.CN1CCN(C(=O)c2cccc(-c3oc4ncccc4c3-c3ccccc3)c2)CC1. The number of rotatable bonds is 15. The van der Waals surface area contributed by atoms with Gasteiger partial charge < -0.3 is 73.0 Å². The minimum Gasteiger partial charge on any atom is -0.444 e. The highest BCUT2D eigenvalue weighted by Gasteiger charge is 2.32. The van der Waals surface area contributed by atoms with Gasteiger partial charge in [-0.25, -0.2) is 24.5 Å². The van der Waals surface area contributed by atoms with Gasteiger partial charge in [0.05, 0.1) is 15.8 Å². The van der Waals surface area contributed by atoms with Crippen LogP contribution in [0.1, 0.15) is 72.6 Å². The molecule has 5 fully saturated rings. The number of fused-ring (bicyclic) bond motifs is 3. The second kappa shape index (κ2) is 40.0. The lowest BCUT2D eigenvalue weighted by Crippen LogP contribution is -2.50. The van der Waals surface area contributed by atoms with Crippen molar-refractivity contribution in [2.75, 3.05) is 184 Å². The highest BCUT2D eigenvalue weighted by atomic mass is 35.5. The van der Waals surface area contributed by atoms with Crippen molar-refractivity contribution in [1.82, 2.24) is 64.0 Å². The van der Waals surface area contributed by atoms with E-state index in [0.29, 0.717) is 70.0 Å². The maximum absolute atomic E-state index is 13.5. The molecule has 11 heterocycles. The van der Waals surface area contributed by atoms with E-state index < -0.39 is 11.2 Å². The van der Waals surface area contributed by atoms with Gasteiger partial charge in [-0.1, -0.05) is 139 Å². The van der Waals surface area contributed by atoms with Crippen molar-refractivity contribution >= 4 is 80.5 Å². The van der Waals surface area contributed by atoms with Gasteiger partial charge in [0.1, 0.15) is 28.5 Å². The number of nitrogens with two attached hydrogens (primary N) is 1. The van der Waals surface area contributed by atoms with Gasteiger partial charge in [-0.3, -0.25) is 24.2 Å². The minimum atomic E-state index is -0.496. The molecule has 5 aliphatic rings. The number of ether oxygens (including phenoxy) is 2. The molecule has 0 unspecified atom stereocenters. The van der Waals surface area contributed by atoms with E-state index >= 15 is 0 Å². The molecule has 0 bridgehead atoms. The Morgan fingerprint density at radius 1 is 0.382 bits per heavy atom. The predicted octanol–water partition coefficient (Wildman–Crippen LogP) is 15.8. The van der Waals surface area contributed by atoms with Gasteiger partial charge in [0.25, 0.3) is 17.7 Å². The fourth-order valence-corrected chi connectivity index (χ4v) is 16.0. The van der Waals surface area contributed by atoms with Crippen LogP contribution in [0.2, 0.25) is 5.02 Å². The molecular formula is C97H112ClN15O10. The summed E-state index contributed by atoms with van der Waals surface area (Å²) in [5.74, 6) is 2.25. The monoisotopic (exact) mass is 1680 g/mol. The summed E-state index contributed by atoms with van der Waals surface area (Å²) in [4.78, 5) is 97.9. The lowest BCUT2D eigenvalue weighted by Gasteiger charge is -2.35. The number of nitrogens with one attached hydrogen (secondary N) is 1. The number of carbonyl (C=O) groups excluding carboxylic acids is 5. The number of furan rings is 3. The third-order valence-electron chi connectivity index (χ3n) is 22.5. The molecule has 3 N–H and O–H groups in total. The van der Waals surface area contributed by atoms with Gasteiger partial charge in [0, 0.05) is 237 Å². The summed E-state index contributed by atoms with van der Waals surface area (Å²) >= 11 is 6.54. The second-order valence-corrected chi connectivity index (χ2v) is 34.2. The molecule has 642 valence electrons. The first-order valence-electron chi connectivity index (χ1n) is 42.5. The fraction of sp³-hybridized carbons (Fsp3) is 0.361. The van der Waals surface area contributed by atoms with Crippen molar-refractivity contribution in [3.63, 3.8) is 0 Å². The summed E-state index contributed by atoms with van der Waals surface area (Å²) in [7, 11) is 6.25. The van der Waals surface area contributed by atoms with Crippen LogP contribution in [0.15, 0.2) is 220 Å². The Morgan fingerprint density at radius 3 is 1.15 bits per heavy atom. The molecule has 0 atom stereocenters. The van der Waals surface area contributed by atoms with E-state index in [1.54, 1.807) is 34.5 Å². The molecule has 12 aromatic rings. The van der Waals surface area contributed by atoms with Crippen LogP contribution >= 0.6 is 11.6 Å². The van der Waals surface area contributed by atoms with Gasteiger partial charge in [-0.15, -0.1) is 0 Å². The lowest BCUT2D eigenvalue weighted by molar-refractivity contribution is 0.0138. The zero-order valence-electron chi connectivity index (χ0n) is 72.0. The van der Waals surface area contributed by atoms with Crippen LogP contribution in [0.3, 0.4) is 0 Å². The van der Waals surface area contributed by atoms with Crippen molar-refractivity contribution in [3.05, 3.63) is 228 Å². The number of piperazine rings is 5. The molecule has 0 spiro atoms. The van der Waals surface area contributed by atoms with Gasteiger partial charge in [0.15, 0.2) is 0 Å². The van der Waals surface area contributed by atoms with Crippen LogP contribution in [0, 0.1) is 0 Å². The van der Waals surface area contributed by atoms with Crippen molar-refractivity contribution in [3.8, 4) is 67.4 Å². The highest BCUT2D eigenvalue weighted by molar-refractivity contribution is 6.36. The number of benzene rings is 6. The number of anilines is 1. The molecule has 5 amide bonds. The number of amides is 5. The van der Waals surface area contributed by atoms with Crippen LogP contribution in [-0.2, 0) is 9.47 Å². The number of carbonyl (C=O) groups is 5. The number of nitrogens with zero attached hydrogens (tertiary/aromatic N) is 13. The van der Waals surface area contributed by atoms with E-state index in [2.05, 4.69) is 90.2 Å². The summed E-state index contributed by atoms with van der Waals surface area (Å²) < 4.78 is 29.7. The summed E-state index contributed by atoms with van der Waals surface area (Å²) in [6.07, 6.45) is 4.68. The molecule has 5 aliphatic heterocycles. The summed E-state index contributed by atoms with van der Waals surface area (Å²) in [6, 6.07) is 61.1. The Morgan fingerprint density at radius 2 is 0.732 bits per heavy atom. The molecule has 123 heavy (non-hydrogen) atoms. The largest absolute Gasteiger partial charge is 0.444 e. The van der Waals surface area contributed by atoms with Crippen molar-refractivity contribution in [1.29, 1.82) is 0 Å². The number of aromatic nitrogens is 3. The van der Waals surface area contributed by atoms with Crippen LogP contribution in [0.4, 0.5) is 15.3 Å². The standard InChI is InChI=1S/C36H44N6O4.C25H22ClN3O2.C25H23N3O2.C11H23N3O2/c1-36(2,3)46-35(44)42-23-19-40(20-24-42)16-15-37-29-13-14-38-33-31(29)30(26-9-6-5-7-10-26)32(45-33)27-11-8-12-28(25-27)34(43)41-21-17-39(4)18-22-41;1-28-12-14-29(15-13-28)25(30)19-9-5-8-18(16-19)23-21(17-6-3-2-4-7-17)22-20(26)10-11-27-24(22)31-23;1-27-13-15-28(16-14-27)25(29)20-10-5-9-19(17-20)23-22(18-7-3-2-4-8-18)21-11-6-12-26-24(21)30-23;1-11(2,3)16-10(15)14-8-6-13(5-4-12)7-9-14/h5-14,25H,15-24H2,1-4H3,(H,37,38);2-11,16H,12-15H2,1H3;2-12,17H,13-16H2,1H3;4-9,12H2,1-3H3. The van der Waals surface area contributed by atoms with Gasteiger partial charge in [-0.2, -0.15) is 0 Å². The van der Waals surface area contributed by atoms with Crippen LogP contribution < -0.4 is 11.1 Å². The van der Waals surface area contributed by atoms with Gasteiger partial charge in [0.2, 0.25) is 17.1 Å². The van der Waals surface area contributed by atoms with E-state index in [-0.39, 0.29) is 29.9 Å². The van der Waals surface area contributed by atoms with Gasteiger partial charge >= 0.3 is 12.2 Å². The van der Waals surface area contributed by atoms with E-state index in [1.807, 2.05) is 214 Å². The van der Waals surface area contributed by atoms with E-state index in [0.717, 1.165) is 215 Å². The maximum Gasteiger partial charge on any atom is 0.410 e. The summed E-state index contributed by atoms with van der Waals surface area (Å²) in [5, 5.41) is 6.88. The number of hydrogen-bond acceptors (Lipinski definition) is 20. The summed E-state index contributed by atoms with van der Waals surface area (Å²) in [5.41, 5.74) is 17.6. The first-order chi connectivity index (χ1) is 59.4. The average molecular weight is 1680 g/mol. The number of likely N-dealkylation sites (N-methyl/N-ethyl adjacent to an activating group) is 3. The third kappa shape index (κ3) is 22.0. The van der Waals surface area contributed by atoms with Crippen molar-refractivity contribution in [2.45, 2.75) is 52.7 Å². The predicted molar refractivity (Wildman–Crippen MR) is 486 cm³/mol. The van der Waals surface area contributed by atoms with Crippen molar-refractivity contribution < 1.29 is 46.7 Å². The quantitative estimate of drug-likeness (QED) is 0.0967. The molecule has 0 radical (unpaired) electrons. The van der Waals surface area contributed by atoms with Crippen LogP contribution in [-0.4, -0.2) is 283 Å². The average Bonchev–Trinajstić information content (AvgIpc) is 1.62. The minimum absolute atomic E-state index is 0.0414. The van der Waals surface area contributed by atoms with E-state index in [1.165, 1.54) is 0 Å². The van der Waals surface area contributed by atoms with E-state index in [9.17, 15) is 24.0 Å². The molecule has 26 heteroatoms. The van der Waals surface area contributed by atoms with Crippen molar-refractivity contribution in [2.24, 2.45) is 5.73 Å². The molecular weight excluding hydrogens is 1570 g/mol. The Balaban J connectivity index is 0.000000141. The fourth-order valence-electron chi connectivity index (χ4n) is 15.8. The number of hydrogen-bond donors (Lipinski definition) is 2. The Hall–Kier alpha value is -11.8. The van der Waals surface area contributed by atoms with Gasteiger partial charge in [-0.05, 0) is 140 Å². The number of halogens is 1. The normalized spacial score (nSPS) is 16.0. The molecule has 5 saturated heterocycles. The highest BCUT2D eigenvalue weighted by Crippen LogP contribution is 2.46. The Kier molecular flexibility index (Phi) is 28.5. The molecule has 0 aliphatic carbocycles. The molecule has 6 aromatic carbocycles. The Bertz CT molecular complexity index is 5600. The molecule has 17 rings (SSSR count). The van der Waals surface area contributed by atoms with Crippen LogP contribution in [0.25, 0.3) is 101 Å². The van der Waals surface area contributed by atoms with E-state index in [4.69, 9.17) is 40.1 Å². The smallest absolute Gasteiger partial charge is 0.410 e. The maximum atomic E-state index is 13.5. The Labute approximate surface area is 724 Å². The topological polar surface area (TPSA) is 252 Å². The molecule has 6 aromatic heterocycles. The van der Waals surface area contributed by atoms with Crippen LogP contribution in [0.5, 0.6) is 0 Å². The lowest BCUT2D eigenvalue weighted by atomic mass is 9.97. The zero-order valence-corrected chi connectivity index (χ0v) is 72.7. The number of pyridine rings is 3. The summed E-state index contributed by atoms with van der Waals surface area (Å²) in [6.45, 7) is 30.3. The second-order valence-electron chi connectivity index (χ2n) is 33.7. The third-order valence-corrected chi connectivity index (χ3v) is 22.8.